The summed E-state index contributed by atoms with van der Waals surface area (Å²) in [6.45, 7) is 0. The molecule has 106 valence electrons. The van der Waals surface area contributed by atoms with Gasteiger partial charge in [0.05, 0.1) is 0 Å². The van der Waals surface area contributed by atoms with Crippen molar-refractivity contribution in [2.75, 3.05) is 7.11 Å². The van der Waals surface area contributed by atoms with Crippen molar-refractivity contribution in [3.63, 3.8) is 0 Å². The van der Waals surface area contributed by atoms with Crippen LogP contribution in [-0.4, -0.2) is 12.2 Å². The van der Waals surface area contributed by atoms with Gasteiger partial charge in [0.1, 0.15) is 0 Å². The number of aliphatic hydroxyl groups is 1. The van der Waals surface area contributed by atoms with Crippen LogP contribution in [0.25, 0.3) is 0 Å². The van der Waals surface area contributed by atoms with Crippen molar-refractivity contribution in [3.05, 3.63) is 108 Å². The molecule has 3 aromatic carbocycles. The first-order chi connectivity index (χ1) is 10.4. The average molecular weight is 276 g/mol. The van der Waals surface area contributed by atoms with E-state index in [9.17, 15) is 0 Å². The summed E-state index contributed by atoms with van der Waals surface area (Å²) in [6.07, 6.45) is 0. The normalized spacial score (nSPS) is 9.86. The fourth-order valence-electron chi connectivity index (χ4n) is 2.51. The third-order valence-corrected chi connectivity index (χ3v) is 3.40. The van der Waals surface area contributed by atoms with Crippen LogP contribution < -0.4 is 0 Å². The van der Waals surface area contributed by atoms with Gasteiger partial charge in [0, 0.05) is 13.0 Å². The van der Waals surface area contributed by atoms with Crippen LogP contribution in [0.4, 0.5) is 0 Å². The van der Waals surface area contributed by atoms with Crippen molar-refractivity contribution in [2.45, 2.75) is 5.92 Å². The van der Waals surface area contributed by atoms with Gasteiger partial charge in [0.2, 0.25) is 0 Å². The predicted octanol–water partition coefficient (Wildman–Crippen LogP) is 4.48. The van der Waals surface area contributed by atoms with Crippen molar-refractivity contribution in [1.82, 2.24) is 0 Å². The van der Waals surface area contributed by atoms with Crippen LogP contribution in [-0.2, 0) is 0 Å². The van der Waals surface area contributed by atoms with Gasteiger partial charge in [-0.1, -0.05) is 91.0 Å². The minimum atomic E-state index is 0.309. The van der Waals surface area contributed by atoms with Crippen molar-refractivity contribution in [2.24, 2.45) is 0 Å². The van der Waals surface area contributed by atoms with E-state index in [-0.39, 0.29) is 0 Å². The highest BCUT2D eigenvalue weighted by Gasteiger charge is 2.15. The Morgan fingerprint density at radius 3 is 0.952 bits per heavy atom. The van der Waals surface area contributed by atoms with Crippen molar-refractivity contribution in [1.29, 1.82) is 0 Å². The lowest BCUT2D eigenvalue weighted by Crippen LogP contribution is -2.02. The zero-order valence-corrected chi connectivity index (χ0v) is 12.2. The lowest BCUT2D eigenvalue weighted by Gasteiger charge is -2.18. The molecular weight excluding hydrogens is 256 g/mol. The SMILES string of the molecule is CO.c1ccc(C(c2ccccc2)c2ccccc2)cc1. The summed E-state index contributed by atoms with van der Waals surface area (Å²) in [5.41, 5.74) is 4.00. The first-order valence-electron chi connectivity index (χ1n) is 7.05. The minimum Gasteiger partial charge on any atom is -0.400 e. The maximum Gasteiger partial charge on any atom is 0.0339 e. The number of rotatable bonds is 3. The summed E-state index contributed by atoms with van der Waals surface area (Å²) in [5, 5.41) is 7.00. The second-order valence-electron chi connectivity index (χ2n) is 4.67. The van der Waals surface area contributed by atoms with Crippen molar-refractivity contribution < 1.29 is 5.11 Å². The first kappa shape index (κ1) is 15.0. The van der Waals surface area contributed by atoms with E-state index in [2.05, 4.69) is 91.0 Å². The summed E-state index contributed by atoms with van der Waals surface area (Å²) >= 11 is 0. The number of aliphatic hydroxyl groups excluding tert-OH is 1. The topological polar surface area (TPSA) is 20.2 Å². The van der Waals surface area contributed by atoms with E-state index in [1.807, 2.05) is 0 Å². The zero-order chi connectivity index (χ0) is 14.9. The Bertz CT molecular complexity index is 524. The monoisotopic (exact) mass is 276 g/mol. The molecule has 0 saturated heterocycles. The van der Waals surface area contributed by atoms with Crippen LogP contribution in [0.1, 0.15) is 22.6 Å². The second-order valence-corrected chi connectivity index (χ2v) is 4.67. The van der Waals surface area contributed by atoms with Gasteiger partial charge >= 0.3 is 0 Å². The Morgan fingerprint density at radius 2 is 0.714 bits per heavy atom. The van der Waals surface area contributed by atoms with Crippen LogP contribution in [0.5, 0.6) is 0 Å². The Kier molecular flexibility index (Phi) is 5.74. The lowest BCUT2D eigenvalue weighted by molar-refractivity contribution is 0.399. The van der Waals surface area contributed by atoms with E-state index >= 15 is 0 Å². The highest BCUT2D eigenvalue weighted by atomic mass is 16.2. The molecule has 0 amide bonds. The Labute approximate surface area is 126 Å². The van der Waals surface area contributed by atoms with E-state index in [1.54, 1.807) is 0 Å². The smallest absolute Gasteiger partial charge is 0.0339 e. The molecule has 1 N–H and O–H groups in total. The number of hydrogen-bond donors (Lipinski definition) is 1. The molecule has 3 aromatic rings. The molecule has 0 spiro atoms. The molecule has 1 nitrogen and oxygen atoms in total. The van der Waals surface area contributed by atoms with E-state index in [0.717, 1.165) is 7.11 Å². The van der Waals surface area contributed by atoms with Crippen LogP contribution in [0.15, 0.2) is 91.0 Å². The van der Waals surface area contributed by atoms with E-state index in [4.69, 9.17) is 5.11 Å². The third-order valence-electron chi connectivity index (χ3n) is 3.40. The van der Waals surface area contributed by atoms with Crippen LogP contribution in [0.2, 0.25) is 0 Å². The molecule has 0 heterocycles. The van der Waals surface area contributed by atoms with E-state index in [1.165, 1.54) is 16.7 Å². The summed E-state index contributed by atoms with van der Waals surface area (Å²) < 4.78 is 0. The summed E-state index contributed by atoms with van der Waals surface area (Å²) in [7, 11) is 1.00. The van der Waals surface area contributed by atoms with Gasteiger partial charge < -0.3 is 5.11 Å². The Morgan fingerprint density at radius 1 is 0.476 bits per heavy atom. The average Bonchev–Trinajstić information content (AvgIpc) is 2.60. The molecule has 3 rings (SSSR count). The molecule has 0 aromatic heterocycles. The largest absolute Gasteiger partial charge is 0.400 e. The van der Waals surface area contributed by atoms with Gasteiger partial charge in [-0.2, -0.15) is 0 Å². The Balaban J connectivity index is 0.000000774. The van der Waals surface area contributed by atoms with Crippen LogP contribution >= 0.6 is 0 Å². The van der Waals surface area contributed by atoms with Crippen LogP contribution in [0, 0.1) is 0 Å². The second kappa shape index (κ2) is 8.03. The summed E-state index contributed by atoms with van der Waals surface area (Å²) in [6, 6.07) is 32.0. The van der Waals surface area contributed by atoms with Crippen molar-refractivity contribution >= 4 is 0 Å². The Hall–Kier alpha value is -2.38. The molecule has 0 atom stereocenters. The van der Waals surface area contributed by atoms with E-state index in [0.29, 0.717) is 5.92 Å². The summed E-state index contributed by atoms with van der Waals surface area (Å²) in [4.78, 5) is 0. The van der Waals surface area contributed by atoms with Gasteiger partial charge in [-0.3, -0.25) is 0 Å². The quantitative estimate of drug-likeness (QED) is 0.699. The third kappa shape index (κ3) is 3.80. The highest BCUT2D eigenvalue weighted by Crippen LogP contribution is 2.31. The maximum atomic E-state index is 7.00. The van der Waals surface area contributed by atoms with Gasteiger partial charge in [-0.25, -0.2) is 0 Å². The molecule has 21 heavy (non-hydrogen) atoms. The van der Waals surface area contributed by atoms with Gasteiger partial charge in [-0.05, 0) is 16.7 Å². The zero-order valence-electron chi connectivity index (χ0n) is 12.2. The van der Waals surface area contributed by atoms with Gasteiger partial charge in [0.25, 0.3) is 0 Å². The van der Waals surface area contributed by atoms with Gasteiger partial charge in [0.15, 0.2) is 0 Å². The van der Waals surface area contributed by atoms with E-state index < -0.39 is 0 Å². The summed E-state index contributed by atoms with van der Waals surface area (Å²) in [5.74, 6) is 0.309. The minimum absolute atomic E-state index is 0.309. The molecule has 0 saturated carbocycles. The molecule has 0 unspecified atom stereocenters. The molecule has 0 radical (unpaired) electrons. The first-order valence-corrected chi connectivity index (χ1v) is 7.05. The van der Waals surface area contributed by atoms with Crippen molar-refractivity contribution in [3.8, 4) is 0 Å². The fraction of sp³-hybridized carbons (Fsp3) is 0.100. The molecule has 0 bridgehead atoms. The molecule has 0 aliphatic heterocycles. The maximum absolute atomic E-state index is 7.00. The molecule has 0 aliphatic carbocycles. The molecular formula is C20H20O. The number of benzene rings is 3. The lowest BCUT2D eigenvalue weighted by atomic mass is 9.85. The van der Waals surface area contributed by atoms with Gasteiger partial charge in [-0.15, -0.1) is 0 Å². The fourth-order valence-corrected chi connectivity index (χ4v) is 2.51. The highest BCUT2D eigenvalue weighted by molar-refractivity contribution is 5.42. The van der Waals surface area contributed by atoms with Crippen LogP contribution in [0.3, 0.4) is 0 Å². The number of hydrogen-bond acceptors (Lipinski definition) is 1. The predicted molar refractivity (Wildman–Crippen MR) is 88.4 cm³/mol. The molecule has 1 heteroatoms. The standard InChI is InChI=1S/C19H16.CH4O/c1-4-10-16(11-5-1)19(17-12-6-2-7-13-17)18-14-8-3-9-15-18;1-2/h1-15,19H;2H,1H3. The molecule has 0 fully saturated rings. The molecule has 0 aliphatic rings.